The molecule has 1 heterocycles. The van der Waals surface area contributed by atoms with Crippen molar-refractivity contribution in [3.8, 4) is 0 Å². The van der Waals surface area contributed by atoms with Crippen LogP contribution in [0, 0.1) is 6.92 Å². The molecular weight excluding hydrogens is 348 g/mol. The van der Waals surface area contributed by atoms with Crippen molar-refractivity contribution in [3.63, 3.8) is 0 Å². The molecule has 2 aliphatic rings. The predicted molar refractivity (Wildman–Crippen MR) is 103 cm³/mol. The molecule has 1 N–H and O–H groups in total. The molecule has 0 unspecified atom stereocenters. The van der Waals surface area contributed by atoms with E-state index in [9.17, 15) is 13.2 Å². The number of nitrogens with one attached hydrogen (secondary N) is 1. The van der Waals surface area contributed by atoms with Gasteiger partial charge >= 0.3 is 0 Å². The number of hydrogen-bond donors (Lipinski definition) is 1. The van der Waals surface area contributed by atoms with Crippen LogP contribution >= 0.6 is 0 Å². The van der Waals surface area contributed by atoms with Gasteiger partial charge in [-0.2, -0.15) is 4.31 Å². The van der Waals surface area contributed by atoms with Gasteiger partial charge in [0.15, 0.2) is 0 Å². The Kier molecular flexibility index (Phi) is 6.35. The van der Waals surface area contributed by atoms with E-state index >= 15 is 0 Å². The smallest absolute Gasteiger partial charge is 0.251 e. The van der Waals surface area contributed by atoms with E-state index in [4.69, 9.17) is 0 Å². The molecule has 1 saturated carbocycles. The number of hydrogen-bond acceptors (Lipinski definition) is 3. The zero-order chi connectivity index (χ0) is 18.6. The van der Waals surface area contributed by atoms with Gasteiger partial charge in [0.25, 0.3) is 5.91 Å². The summed E-state index contributed by atoms with van der Waals surface area (Å²) >= 11 is 0. The highest BCUT2D eigenvalue weighted by atomic mass is 32.2. The maximum Gasteiger partial charge on any atom is 0.251 e. The van der Waals surface area contributed by atoms with Crippen LogP contribution in [0.1, 0.15) is 73.7 Å². The summed E-state index contributed by atoms with van der Waals surface area (Å²) in [6, 6.07) is 5.26. The maximum atomic E-state index is 13.1. The molecule has 144 valence electrons. The largest absolute Gasteiger partial charge is 0.349 e. The molecule has 2 fully saturated rings. The second-order valence-corrected chi connectivity index (χ2v) is 9.51. The monoisotopic (exact) mass is 378 g/mol. The van der Waals surface area contributed by atoms with Crippen LogP contribution in [0.2, 0.25) is 0 Å². The molecule has 26 heavy (non-hydrogen) atoms. The van der Waals surface area contributed by atoms with E-state index in [1.807, 2.05) is 0 Å². The van der Waals surface area contributed by atoms with E-state index in [1.54, 1.807) is 29.4 Å². The molecule has 3 rings (SSSR count). The minimum Gasteiger partial charge on any atom is -0.349 e. The molecule has 1 saturated heterocycles. The van der Waals surface area contributed by atoms with E-state index < -0.39 is 10.0 Å². The fraction of sp³-hybridized carbons (Fsp3) is 0.650. The van der Waals surface area contributed by atoms with Gasteiger partial charge in [-0.15, -0.1) is 0 Å². The Labute approximate surface area is 157 Å². The summed E-state index contributed by atoms with van der Waals surface area (Å²) in [5.41, 5.74) is 1.14. The van der Waals surface area contributed by atoms with Crippen LogP contribution in [-0.4, -0.2) is 37.8 Å². The van der Waals surface area contributed by atoms with Gasteiger partial charge in [-0.25, -0.2) is 8.42 Å². The zero-order valence-corrected chi connectivity index (χ0v) is 16.5. The summed E-state index contributed by atoms with van der Waals surface area (Å²) in [5, 5.41) is 3.08. The van der Waals surface area contributed by atoms with Crippen molar-refractivity contribution in [1.29, 1.82) is 0 Å². The first-order chi connectivity index (χ1) is 12.5. The predicted octanol–water partition coefficient (Wildman–Crippen LogP) is 3.62. The summed E-state index contributed by atoms with van der Waals surface area (Å²) < 4.78 is 27.8. The Bertz CT molecular complexity index is 731. The molecule has 0 radical (unpaired) electrons. The molecule has 1 aliphatic carbocycles. The number of carbonyl (C=O) groups excluding carboxylic acids is 1. The van der Waals surface area contributed by atoms with Crippen LogP contribution in [0.25, 0.3) is 0 Å². The van der Waals surface area contributed by atoms with Crippen LogP contribution in [0.15, 0.2) is 23.1 Å². The zero-order valence-electron chi connectivity index (χ0n) is 15.7. The standard InChI is InChI=1S/C20H30N2O3S/c1-16-11-12-17(20(23)21-18-9-5-4-6-10-18)15-19(16)26(24,25)22-13-7-2-3-8-14-22/h11-12,15,18H,2-10,13-14H2,1H3,(H,21,23). The van der Waals surface area contributed by atoms with Gasteiger partial charge in [0.05, 0.1) is 4.90 Å². The summed E-state index contributed by atoms with van der Waals surface area (Å²) in [7, 11) is -3.55. The minimum absolute atomic E-state index is 0.163. The third-order valence-corrected chi connectivity index (χ3v) is 7.61. The normalized spacial score (nSPS) is 20.5. The van der Waals surface area contributed by atoms with Gasteiger partial charge in [-0.3, -0.25) is 4.79 Å². The number of amides is 1. The summed E-state index contributed by atoms with van der Waals surface area (Å²) in [6.07, 6.45) is 9.51. The lowest BCUT2D eigenvalue weighted by molar-refractivity contribution is 0.0927. The summed E-state index contributed by atoms with van der Waals surface area (Å²) in [4.78, 5) is 12.9. The lowest BCUT2D eigenvalue weighted by Crippen LogP contribution is -2.36. The van der Waals surface area contributed by atoms with Crippen molar-refractivity contribution >= 4 is 15.9 Å². The topological polar surface area (TPSA) is 66.5 Å². The van der Waals surface area contributed by atoms with E-state index in [0.29, 0.717) is 24.2 Å². The van der Waals surface area contributed by atoms with Gasteiger partial charge in [-0.05, 0) is 50.3 Å². The average molecular weight is 379 g/mol. The SMILES string of the molecule is Cc1ccc(C(=O)NC2CCCCC2)cc1S(=O)(=O)N1CCCCCC1. The summed E-state index contributed by atoms with van der Waals surface area (Å²) in [6.45, 7) is 2.94. The Morgan fingerprint density at radius 2 is 1.62 bits per heavy atom. The van der Waals surface area contributed by atoms with Crippen molar-refractivity contribution < 1.29 is 13.2 Å². The number of benzene rings is 1. The first-order valence-electron chi connectivity index (χ1n) is 9.90. The molecular formula is C20H30N2O3S. The van der Waals surface area contributed by atoms with Crippen LogP contribution < -0.4 is 5.32 Å². The van der Waals surface area contributed by atoms with E-state index in [1.165, 1.54) is 6.42 Å². The fourth-order valence-corrected chi connectivity index (χ4v) is 5.72. The number of sulfonamides is 1. The number of rotatable bonds is 4. The van der Waals surface area contributed by atoms with Gasteiger partial charge in [0.2, 0.25) is 10.0 Å². The number of carbonyl (C=O) groups is 1. The quantitative estimate of drug-likeness (QED) is 0.870. The van der Waals surface area contributed by atoms with E-state index in [2.05, 4.69) is 5.32 Å². The second kappa shape index (κ2) is 8.53. The van der Waals surface area contributed by atoms with Crippen molar-refractivity contribution in [2.75, 3.05) is 13.1 Å². The number of nitrogens with zero attached hydrogens (tertiary/aromatic N) is 1. The molecule has 0 spiro atoms. The highest BCUT2D eigenvalue weighted by molar-refractivity contribution is 7.89. The molecule has 1 aromatic rings. The molecule has 1 amide bonds. The number of aryl methyl sites for hydroxylation is 1. The van der Waals surface area contributed by atoms with Gasteiger partial charge in [0.1, 0.15) is 0 Å². The second-order valence-electron chi connectivity index (χ2n) is 7.61. The van der Waals surface area contributed by atoms with E-state index in [0.717, 1.165) is 51.4 Å². The Hall–Kier alpha value is -1.40. The highest BCUT2D eigenvalue weighted by Gasteiger charge is 2.27. The van der Waals surface area contributed by atoms with Crippen molar-refractivity contribution in [3.05, 3.63) is 29.3 Å². The molecule has 0 aromatic heterocycles. The van der Waals surface area contributed by atoms with Crippen LogP contribution in [0.5, 0.6) is 0 Å². The third kappa shape index (κ3) is 4.46. The fourth-order valence-electron chi connectivity index (χ4n) is 3.96. The van der Waals surface area contributed by atoms with Gasteiger partial charge in [-0.1, -0.05) is 38.2 Å². The molecule has 5 nitrogen and oxygen atoms in total. The van der Waals surface area contributed by atoms with E-state index in [-0.39, 0.29) is 16.8 Å². The van der Waals surface area contributed by atoms with Crippen molar-refractivity contribution in [1.82, 2.24) is 9.62 Å². The summed E-state index contributed by atoms with van der Waals surface area (Å²) in [5.74, 6) is -0.163. The molecule has 1 aromatic carbocycles. The van der Waals surface area contributed by atoms with Crippen LogP contribution in [0.3, 0.4) is 0 Å². The van der Waals surface area contributed by atoms with Crippen LogP contribution in [-0.2, 0) is 10.0 Å². The van der Waals surface area contributed by atoms with Crippen molar-refractivity contribution in [2.24, 2.45) is 0 Å². The third-order valence-electron chi connectivity index (χ3n) is 5.57. The molecule has 6 heteroatoms. The highest BCUT2D eigenvalue weighted by Crippen LogP contribution is 2.25. The first-order valence-corrected chi connectivity index (χ1v) is 11.3. The maximum absolute atomic E-state index is 13.1. The Balaban J connectivity index is 1.81. The molecule has 0 bridgehead atoms. The Morgan fingerprint density at radius 3 is 2.27 bits per heavy atom. The molecule has 1 aliphatic heterocycles. The molecule has 0 atom stereocenters. The average Bonchev–Trinajstić information content (AvgIpc) is 2.92. The lowest BCUT2D eigenvalue weighted by Gasteiger charge is -2.23. The minimum atomic E-state index is -3.55. The first kappa shape index (κ1) is 19.4. The Morgan fingerprint density at radius 1 is 1.00 bits per heavy atom. The van der Waals surface area contributed by atoms with Crippen LogP contribution in [0.4, 0.5) is 0 Å². The van der Waals surface area contributed by atoms with Gasteiger partial charge < -0.3 is 5.32 Å². The van der Waals surface area contributed by atoms with Gasteiger partial charge in [0, 0.05) is 24.7 Å². The lowest BCUT2D eigenvalue weighted by atomic mass is 9.95. The van der Waals surface area contributed by atoms with Crippen molar-refractivity contribution in [2.45, 2.75) is 75.6 Å².